The van der Waals surface area contributed by atoms with Gasteiger partial charge in [0, 0.05) is 24.3 Å². The molecule has 6 nitrogen and oxygen atoms in total. The van der Waals surface area contributed by atoms with E-state index in [0.29, 0.717) is 12.5 Å². The summed E-state index contributed by atoms with van der Waals surface area (Å²) in [6.07, 6.45) is 2.16. The number of nitrogens with one attached hydrogen (secondary N) is 1. The Balaban J connectivity index is 3.06. The Kier molecular flexibility index (Phi) is 5.08. The highest BCUT2D eigenvalue weighted by molar-refractivity contribution is 6.30. The van der Waals surface area contributed by atoms with Crippen LogP contribution in [0.3, 0.4) is 0 Å². The maximum absolute atomic E-state index is 11.0. The number of hydrogen-bond acceptors (Lipinski definition) is 5. The second kappa shape index (κ2) is 6.16. The number of nitro groups is 1. The van der Waals surface area contributed by atoms with E-state index < -0.39 is 10.5 Å². The molecule has 1 aromatic rings. The van der Waals surface area contributed by atoms with Gasteiger partial charge in [-0.15, -0.1) is 0 Å². The minimum absolute atomic E-state index is 0.143. The average Bonchev–Trinajstić information content (AvgIpc) is 2.30. The number of aromatic nitrogens is 1. The number of pyridine rings is 1. The first kappa shape index (κ1) is 15.7. The highest BCUT2D eigenvalue weighted by Crippen LogP contribution is 2.29. The third kappa shape index (κ3) is 4.33. The van der Waals surface area contributed by atoms with Crippen molar-refractivity contribution in [2.24, 2.45) is 11.7 Å². The number of nitrogens with zero attached hydrogens (tertiary/aromatic N) is 2. The summed E-state index contributed by atoms with van der Waals surface area (Å²) in [6, 6.07) is 1.28. The van der Waals surface area contributed by atoms with Crippen molar-refractivity contribution >= 4 is 23.1 Å². The van der Waals surface area contributed by atoms with Crippen molar-refractivity contribution in [3.05, 3.63) is 27.4 Å². The van der Waals surface area contributed by atoms with Gasteiger partial charge in [-0.05, 0) is 19.3 Å². The number of halogens is 1. The fourth-order valence-corrected chi connectivity index (χ4v) is 2.19. The fraction of sp³-hybridized carbons (Fsp3) is 0.583. The van der Waals surface area contributed by atoms with E-state index in [1.54, 1.807) is 0 Å². The molecule has 0 radical (unpaired) electrons. The van der Waals surface area contributed by atoms with Crippen molar-refractivity contribution in [2.75, 3.05) is 11.9 Å². The molecule has 0 amide bonds. The standard InChI is InChI=1S/C12H19ClN4O2/c1-8(2)5-12(3,7-14)16-11-10(17(18)19)4-9(13)6-15-11/h4,6,8H,5,7,14H2,1-3H3,(H,15,16). The third-order valence-corrected chi connectivity index (χ3v) is 2.97. The van der Waals surface area contributed by atoms with E-state index in [9.17, 15) is 10.1 Å². The van der Waals surface area contributed by atoms with Gasteiger partial charge in [-0.3, -0.25) is 10.1 Å². The molecular weight excluding hydrogens is 268 g/mol. The summed E-state index contributed by atoms with van der Waals surface area (Å²) >= 11 is 5.73. The van der Waals surface area contributed by atoms with E-state index in [0.717, 1.165) is 6.42 Å². The quantitative estimate of drug-likeness (QED) is 0.619. The Morgan fingerprint density at radius 3 is 2.74 bits per heavy atom. The summed E-state index contributed by atoms with van der Waals surface area (Å²) in [7, 11) is 0. The van der Waals surface area contributed by atoms with Gasteiger partial charge < -0.3 is 11.1 Å². The first-order chi connectivity index (χ1) is 8.77. The monoisotopic (exact) mass is 286 g/mol. The third-order valence-electron chi connectivity index (χ3n) is 2.76. The largest absolute Gasteiger partial charge is 0.358 e. The van der Waals surface area contributed by atoms with E-state index in [1.807, 2.05) is 6.92 Å². The van der Waals surface area contributed by atoms with Crippen LogP contribution in [0.25, 0.3) is 0 Å². The van der Waals surface area contributed by atoms with Gasteiger partial charge in [0.2, 0.25) is 5.82 Å². The molecule has 19 heavy (non-hydrogen) atoms. The van der Waals surface area contributed by atoms with Crippen LogP contribution in [0, 0.1) is 16.0 Å². The van der Waals surface area contributed by atoms with Gasteiger partial charge in [0.25, 0.3) is 0 Å². The van der Waals surface area contributed by atoms with Gasteiger partial charge in [-0.25, -0.2) is 4.98 Å². The Hall–Kier alpha value is -1.40. The Bertz CT molecular complexity index is 467. The molecular formula is C12H19ClN4O2. The summed E-state index contributed by atoms with van der Waals surface area (Å²) in [6.45, 7) is 6.41. The molecule has 1 unspecified atom stereocenters. The number of rotatable bonds is 6. The van der Waals surface area contributed by atoms with Crippen LogP contribution in [-0.4, -0.2) is 22.0 Å². The lowest BCUT2D eigenvalue weighted by molar-refractivity contribution is -0.384. The Morgan fingerprint density at radius 2 is 2.26 bits per heavy atom. The molecule has 1 rings (SSSR count). The predicted octanol–water partition coefficient (Wildman–Crippen LogP) is 2.82. The zero-order valence-corrected chi connectivity index (χ0v) is 12.1. The molecule has 1 aromatic heterocycles. The predicted molar refractivity (Wildman–Crippen MR) is 76.4 cm³/mol. The van der Waals surface area contributed by atoms with Crippen LogP contribution >= 0.6 is 11.6 Å². The molecule has 1 heterocycles. The number of anilines is 1. The van der Waals surface area contributed by atoms with Crippen molar-refractivity contribution in [2.45, 2.75) is 32.7 Å². The zero-order valence-electron chi connectivity index (χ0n) is 11.3. The first-order valence-corrected chi connectivity index (χ1v) is 6.43. The summed E-state index contributed by atoms with van der Waals surface area (Å²) in [5.74, 6) is 0.607. The molecule has 0 saturated heterocycles. The highest BCUT2D eigenvalue weighted by atomic mass is 35.5. The maximum Gasteiger partial charge on any atom is 0.312 e. The second-order valence-corrected chi connectivity index (χ2v) is 5.70. The van der Waals surface area contributed by atoms with E-state index in [2.05, 4.69) is 24.1 Å². The molecule has 0 aliphatic heterocycles. The van der Waals surface area contributed by atoms with Crippen LogP contribution < -0.4 is 11.1 Å². The minimum atomic E-state index is -0.506. The van der Waals surface area contributed by atoms with Crippen LogP contribution in [0.4, 0.5) is 11.5 Å². The lowest BCUT2D eigenvalue weighted by Crippen LogP contribution is -2.44. The molecule has 0 saturated carbocycles. The first-order valence-electron chi connectivity index (χ1n) is 6.05. The van der Waals surface area contributed by atoms with Crippen molar-refractivity contribution in [3.63, 3.8) is 0 Å². The van der Waals surface area contributed by atoms with Gasteiger partial charge in [0.05, 0.1) is 9.95 Å². The SMILES string of the molecule is CC(C)CC(C)(CN)Nc1ncc(Cl)cc1[N+](=O)[O-]. The van der Waals surface area contributed by atoms with E-state index in [1.165, 1.54) is 12.3 Å². The molecule has 0 aliphatic rings. The lowest BCUT2D eigenvalue weighted by Gasteiger charge is -2.31. The van der Waals surface area contributed by atoms with Gasteiger partial charge in [0.15, 0.2) is 0 Å². The van der Waals surface area contributed by atoms with Crippen molar-refractivity contribution in [3.8, 4) is 0 Å². The van der Waals surface area contributed by atoms with Crippen molar-refractivity contribution in [1.82, 2.24) is 4.98 Å². The number of nitrogens with two attached hydrogens (primary N) is 1. The van der Waals surface area contributed by atoms with E-state index in [-0.39, 0.29) is 16.5 Å². The molecule has 0 fully saturated rings. The van der Waals surface area contributed by atoms with E-state index >= 15 is 0 Å². The van der Waals surface area contributed by atoms with Gasteiger partial charge in [0.1, 0.15) is 0 Å². The van der Waals surface area contributed by atoms with Crippen LogP contribution in [0.15, 0.2) is 12.3 Å². The Morgan fingerprint density at radius 1 is 1.63 bits per heavy atom. The van der Waals surface area contributed by atoms with Crippen molar-refractivity contribution < 1.29 is 4.92 Å². The highest BCUT2D eigenvalue weighted by Gasteiger charge is 2.27. The molecule has 0 bridgehead atoms. The topological polar surface area (TPSA) is 94.1 Å². The maximum atomic E-state index is 11.0. The van der Waals surface area contributed by atoms with E-state index in [4.69, 9.17) is 17.3 Å². The normalized spacial score (nSPS) is 14.2. The second-order valence-electron chi connectivity index (χ2n) is 5.27. The molecule has 106 valence electrons. The summed E-state index contributed by atoms with van der Waals surface area (Å²) < 4.78 is 0. The lowest BCUT2D eigenvalue weighted by atomic mass is 9.90. The van der Waals surface area contributed by atoms with Gasteiger partial charge >= 0.3 is 5.69 Å². The van der Waals surface area contributed by atoms with Crippen molar-refractivity contribution in [1.29, 1.82) is 0 Å². The van der Waals surface area contributed by atoms with Crippen LogP contribution in [0.2, 0.25) is 5.02 Å². The molecule has 0 aliphatic carbocycles. The fourth-order valence-electron chi connectivity index (χ4n) is 2.04. The minimum Gasteiger partial charge on any atom is -0.358 e. The smallest absolute Gasteiger partial charge is 0.312 e. The van der Waals surface area contributed by atoms with Crippen LogP contribution in [-0.2, 0) is 0 Å². The molecule has 0 spiro atoms. The van der Waals surface area contributed by atoms with Crippen LogP contribution in [0.5, 0.6) is 0 Å². The molecule has 3 N–H and O–H groups in total. The number of hydrogen-bond donors (Lipinski definition) is 2. The molecule has 0 aromatic carbocycles. The van der Waals surface area contributed by atoms with Gasteiger partial charge in [-0.1, -0.05) is 25.4 Å². The molecule has 1 atom stereocenters. The Labute approximate surface area is 117 Å². The summed E-state index contributed by atoms with van der Waals surface area (Å²) in [5, 5.41) is 14.3. The van der Waals surface area contributed by atoms with Crippen LogP contribution in [0.1, 0.15) is 27.2 Å². The average molecular weight is 287 g/mol. The molecule has 7 heteroatoms. The van der Waals surface area contributed by atoms with Gasteiger partial charge in [-0.2, -0.15) is 0 Å². The summed E-state index contributed by atoms with van der Waals surface area (Å²) in [4.78, 5) is 14.5. The zero-order chi connectivity index (χ0) is 14.6. The summed E-state index contributed by atoms with van der Waals surface area (Å²) in [5.41, 5.74) is 5.19.